The first-order valence-electron chi connectivity index (χ1n) is 7.57. The van der Waals surface area contributed by atoms with Crippen molar-refractivity contribution in [1.82, 2.24) is 9.62 Å². The number of hydrogen-bond donors (Lipinski definition) is 1. The molecule has 0 bridgehead atoms. The molecule has 2 heterocycles. The fourth-order valence-electron chi connectivity index (χ4n) is 2.77. The molecule has 1 fully saturated rings. The summed E-state index contributed by atoms with van der Waals surface area (Å²) in [5, 5.41) is 2.93. The predicted octanol–water partition coefficient (Wildman–Crippen LogP) is 0.367. The number of amides is 1. The Balaban J connectivity index is 1.53. The molecule has 3 rings (SSSR count). The Kier molecular flexibility index (Phi) is 4.45. The number of para-hydroxylation sites is 2. The minimum Gasteiger partial charge on any atom is -0.485 e. The van der Waals surface area contributed by atoms with Gasteiger partial charge >= 0.3 is 0 Å². The molecule has 8 heteroatoms. The van der Waals surface area contributed by atoms with Gasteiger partial charge in [-0.3, -0.25) is 4.79 Å². The van der Waals surface area contributed by atoms with Crippen molar-refractivity contribution in [3.63, 3.8) is 0 Å². The van der Waals surface area contributed by atoms with Crippen LogP contribution in [0.4, 0.5) is 0 Å². The van der Waals surface area contributed by atoms with E-state index in [1.807, 2.05) is 12.1 Å². The second-order valence-corrected chi connectivity index (χ2v) is 7.79. The molecular formula is C15H20N2O5S. The van der Waals surface area contributed by atoms with Gasteiger partial charge in [0.05, 0.1) is 6.26 Å². The van der Waals surface area contributed by atoms with Gasteiger partial charge < -0.3 is 14.8 Å². The van der Waals surface area contributed by atoms with Crippen LogP contribution in [0.2, 0.25) is 0 Å². The van der Waals surface area contributed by atoms with Crippen LogP contribution in [0.1, 0.15) is 12.8 Å². The van der Waals surface area contributed by atoms with E-state index in [0.717, 1.165) is 0 Å². The van der Waals surface area contributed by atoms with Crippen molar-refractivity contribution in [1.29, 1.82) is 0 Å². The number of fused-ring (bicyclic) bond motifs is 1. The van der Waals surface area contributed by atoms with E-state index in [2.05, 4.69) is 5.32 Å². The van der Waals surface area contributed by atoms with E-state index in [1.165, 1.54) is 10.6 Å². The number of carbonyl (C=O) groups excluding carboxylic acids is 1. The highest BCUT2D eigenvalue weighted by Gasteiger charge is 2.31. The molecule has 126 valence electrons. The molecule has 1 saturated heterocycles. The SMILES string of the molecule is CS(=O)(=O)N1CCC(NC(=O)C2COc3ccccc3O2)CC1. The Hall–Kier alpha value is -1.80. The normalized spacial score (nSPS) is 22.6. The van der Waals surface area contributed by atoms with Gasteiger partial charge in [0.25, 0.3) is 5.91 Å². The molecule has 7 nitrogen and oxygen atoms in total. The first-order chi connectivity index (χ1) is 10.9. The number of benzene rings is 1. The van der Waals surface area contributed by atoms with Crippen LogP contribution in [0.5, 0.6) is 11.5 Å². The van der Waals surface area contributed by atoms with Gasteiger partial charge in [0, 0.05) is 19.1 Å². The Labute approximate surface area is 135 Å². The van der Waals surface area contributed by atoms with Crippen LogP contribution in [0.3, 0.4) is 0 Å². The van der Waals surface area contributed by atoms with Crippen LogP contribution in [-0.4, -0.2) is 56.7 Å². The molecule has 1 aromatic carbocycles. The smallest absolute Gasteiger partial charge is 0.264 e. The highest BCUT2D eigenvalue weighted by molar-refractivity contribution is 7.88. The molecule has 1 N–H and O–H groups in total. The van der Waals surface area contributed by atoms with Crippen molar-refractivity contribution in [2.24, 2.45) is 0 Å². The summed E-state index contributed by atoms with van der Waals surface area (Å²) < 4.78 is 35.6. The number of nitrogens with zero attached hydrogens (tertiary/aromatic N) is 1. The zero-order chi connectivity index (χ0) is 16.4. The number of carbonyl (C=O) groups is 1. The standard InChI is InChI=1S/C15H20N2O5S/c1-23(19,20)17-8-6-11(7-9-17)16-15(18)14-10-21-12-4-2-3-5-13(12)22-14/h2-5,11,14H,6-10H2,1H3,(H,16,18). The molecule has 23 heavy (non-hydrogen) atoms. The van der Waals surface area contributed by atoms with Crippen LogP contribution in [0.25, 0.3) is 0 Å². The second-order valence-electron chi connectivity index (χ2n) is 5.81. The minimum atomic E-state index is -3.16. The van der Waals surface area contributed by atoms with Crippen LogP contribution in [-0.2, 0) is 14.8 Å². The van der Waals surface area contributed by atoms with E-state index >= 15 is 0 Å². The van der Waals surface area contributed by atoms with Gasteiger partial charge in [0.2, 0.25) is 16.1 Å². The lowest BCUT2D eigenvalue weighted by Crippen LogP contribution is -2.51. The number of nitrogens with one attached hydrogen (secondary N) is 1. The molecule has 0 radical (unpaired) electrons. The zero-order valence-electron chi connectivity index (χ0n) is 12.9. The van der Waals surface area contributed by atoms with Crippen LogP contribution < -0.4 is 14.8 Å². The summed E-state index contributed by atoms with van der Waals surface area (Å²) in [4.78, 5) is 12.3. The third kappa shape index (κ3) is 3.76. The fraction of sp³-hybridized carbons (Fsp3) is 0.533. The summed E-state index contributed by atoms with van der Waals surface area (Å²) in [6, 6.07) is 7.19. The summed E-state index contributed by atoms with van der Waals surface area (Å²) in [5.41, 5.74) is 0. The fourth-order valence-corrected chi connectivity index (χ4v) is 3.65. The molecule has 0 saturated carbocycles. The van der Waals surface area contributed by atoms with Crippen molar-refractivity contribution in [2.75, 3.05) is 26.0 Å². The summed E-state index contributed by atoms with van der Waals surface area (Å²) in [7, 11) is -3.16. The second kappa shape index (κ2) is 6.37. The molecule has 2 aliphatic heterocycles. The lowest BCUT2D eigenvalue weighted by Gasteiger charge is -2.32. The van der Waals surface area contributed by atoms with Crippen molar-refractivity contribution >= 4 is 15.9 Å². The maximum absolute atomic E-state index is 12.3. The van der Waals surface area contributed by atoms with Gasteiger partial charge in [0.1, 0.15) is 6.61 Å². The molecule has 0 spiro atoms. The average Bonchev–Trinajstić information content (AvgIpc) is 2.54. The van der Waals surface area contributed by atoms with Gasteiger partial charge in [-0.2, -0.15) is 0 Å². The first kappa shape index (κ1) is 16.1. The third-order valence-electron chi connectivity index (χ3n) is 4.07. The number of ether oxygens (including phenoxy) is 2. The third-order valence-corrected chi connectivity index (χ3v) is 5.37. The van der Waals surface area contributed by atoms with Gasteiger partial charge in [0.15, 0.2) is 11.5 Å². The summed E-state index contributed by atoms with van der Waals surface area (Å²) >= 11 is 0. The molecule has 0 aromatic heterocycles. The molecule has 1 amide bonds. The van der Waals surface area contributed by atoms with Crippen LogP contribution in [0.15, 0.2) is 24.3 Å². The number of hydrogen-bond acceptors (Lipinski definition) is 5. The number of sulfonamides is 1. The molecule has 1 atom stereocenters. The van der Waals surface area contributed by atoms with Crippen LogP contribution in [0, 0.1) is 0 Å². The maximum Gasteiger partial charge on any atom is 0.264 e. The molecule has 1 aromatic rings. The van der Waals surface area contributed by atoms with Crippen molar-refractivity contribution in [3.8, 4) is 11.5 Å². The Morgan fingerprint density at radius 2 is 1.87 bits per heavy atom. The molecule has 1 unspecified atom stereocenters. The van der Waals surface area contributed by atoms with E-state index in [4.69, 9.17) is 9.47 Å². The zero-order valence-corrected chi connectivity index (χ0v) is 13.7. The quantitative estimate of drug-likeness (QED) is 0.859. The molecular weight excluding hydrogens is 320 g/mol. The highest BCUT2D eigenvalue weighted by atomic mass is 32.2. The number of piperidine rings is 1. The monoisotopic (exact) mass is 340 g/mol. The largest absolute Gasteiger partial charge is 0.485 e. The van der Waals surface area contributed by atoms with Crippen molar-refractivity contribution in [3.05, 3.63) is 24.3 Å². The lowest BCUT2D eigenvalue weighted by molar-refractivity contribution is -0.131. The highest BCUT2D eigenvalue weighted by Crippen LogP contribution is 2.30. The van der Waals surface area contributed by atoms with Gasteiger partial charge in [-0.1, -0.05) is 12.1 Å². The molecule has 0 aliphatic carbocycles. The minimum absolute atomic E-state index is 0.0405. The topological polar surface area (TPSA) is 84.9 Å². The summed E-state index contributed by atoms with van der Waals surface area (Å²) in [5.74, 6) is 0.973. The average molecular weight is 340 g/mol. The van der Waals surface area contributed by atoms with E-state index in [9.17, 15) is 13.2 Å². The van der Waals surface area contributed by atoms with Gasteiger partial charge in [-0.25, -0.2) is 12.7 Å². The van der Waals surface area contributed by atoms with Gasteiger partial charge in [-0.05, 0) is 25.0 Å². The summed E-state index contributed by atoms with van der Waals surface area (Å²) in [6.45, 7) is 1.02. The Morgan fingerprint density at radius 3 is 2.52 bits per heavy atom. The first-order valence-corrected chi connectivity index (χ1v) is 9.42. The molecule has 2 aliphatic rings. The maximum atomic E-state index is 12.3. The van der Waals surface area contributed by atoms with E-state index < -0.39 is 16.1 Å². The van der Waals surface area contributed by atoms with Crippen molar-refractivity contribution in [2.45, 2.75) is 25.0 Å². The van der Waals surface area contributed by atoms with E-state index in [1.54, 1.807) is 12.1 Å². The number of rotatable bonds is 3. The van der Waals surface area contributed by atoms with Gasteiger partial charge in [-0.15, -0.1) is 0 Å². The van der Waals surface area contributed by atoms with E-state index in [0.29, 0.717) is 37.4 Å². The summed E-state index contributed by atoms with van der Waals surface area (Å²) in [6.07, 6.45) is 1.72. The Morgan fingerprint density at radius 1 is 1.22 bits per heavy atom. The lowest BCUT2D eigenvalue weighted by atomic mass is 10.1. The van der Waals surface area contributed by atoms with Crippen molar-refractivity contribution < 1.29 is 22.7 Å². The van der Waals surface area contributed by atoms with Crippen LogP contribution >= 0.6 is 0 Å². The predicted molar refractivity (Wildman–Crippen MR) is 83.9 cm³/mol. The Bertz CT molecular complexity index is 683. The van der Waals surface area contributed by atoms with E-state index in [-0.39, 0.29) is 18.6 Å².